The second-order valence-electron chi connectivity index (χ2n) is 10.6. The first-order valence-electron chi connectivity index (χ1n) is 12.7. The topological polar surface area (TPSA) is 99.3 Å². The Morgan fingerprint density at radius 2 is 1.84 bits per heavy atom. The number of aromatic amines is 1. The Hall–Kier alpha value is -2.69. The molecule has 7 nitrogen and oxygen atoms in total. The van der Waals surface area contributed by atoms with Crippen LogP contribution < -0.4 is 10.2 Å². The van der Waals surface area contributed by atoms with Crippen molar-refractivity contribution in [2.75, 3.05) is 11.9 Å². The molecule has 0 spiro atoms. The molecule has 2 saturated carbocycles. The summed E-state index contributed by atoms with van der Waals surface area (Å²) in [6, 6.07) is 15.6. The Morgan fingerprint density at radius 1 is 1.08 bits per heavy atom. The van der Waals surface area contributed by atoms with Crippen LogP contribution in [0.4, 0.5) is 5.69 Å². The summed E-state index contributed by atoms with van der Waals surface area (Å²) in [7, 11) is 0. The number of thioether (sulfide) groups is 1. The van der Waals surface area contributed by atoms with Crippen LogP contribution in [0, 0.1) is 36.5 Å². The number of hydrogen-bond donors (Lipinski definition) is 2. The predicted octanol–water partition coefficient (Wildman–Crippen LogP) is 4.62. The minimum Gasteiger partial charge on any atom is -0.324 e. The van der Waals surface area contributed by atoms with Gasteiger partial charge in [-0.05, 0) is 60.4 Å². The number of amides is 3. The first-order valence-corrected chi connectivity index (χ1v) is 15.2. The summed E-state index contributed by atoms with van der Waals surface area (Å²) in [6.07, 6.45) is 0.821. The lowest BCUT2D eigenvalue weighted by Gasteiger charge is -2.43. The Labute approximate surface area is 235 Å². The summed E-state index contributed by atoms with van der Waals surface area (Å²) in [6.45, 7) is 1.63. The van der Waals surface area contributed by atoms with Gasteiger partial charge in [0, 0.05) is 26.2 Å². The number of aromatic nitrogens is 1. The molecule has 1 saturated heterocycles. The molecule has 3 amide bonds. The molecule has 2 aliphatic carbocycles. The molecule has 3 aromatic rings. The monoisotopic (exact) mass is 609 g/mol. The molecule has 0 radical (unpaired) electrons. The number of anilines is 1. The molecule has 38 heavy (non-hydrogen) atoms. The number of nitrogens with one attached hydrogen (secondary N) is 2. The van der Waals surface area contributed by atoms with Crippen LogP contribution in [-0.2, 0) is 14.4 Å². The predicted molar refractivity (Wildman–Crippen MR) is 149 cm³/mol. The lowest BCUT2D eigenvalue weighted by Crippen LogP contribution is -2.42. The van der Waals surface area contributed by atoms with Gasteiger partial charge in [0.15, 0.2) is 0 Å². The van der Waals surface area contributed by atoms with Gasteiger partial charge in [0.25, 0.3) is 0 Å². The van der Waals surface area contributed by atoms with Gasteiger partial charge in [-0.3, -0.25) is 24.1 Å². The summed E-state index contributed by atoms with van der Waals surface area (Å²) in [5.41, 5.74) is 2.71. The highest BCUT2D eigenvalue weighted by Gasteiger charge is 2.69. The third kappa shape index (κ3) is 3.60. The molecule has 10 heteroatoms. The zero-order chi connectivity index (χ0) is 26.3. The highest BCUT2D eigenvalue weighted by Crippen LogP contribution is 2.68. The van der Waals surface area contributed by atoms with E-state index in [-0.39, 0.29) is 58.1 Å². The minimum absolute atomic E-state index is 0.0186. The number of nitrogens with zero attached hydrogens (tertiary/aromatic N) is 1. The van der Waals surface area contributed by atoms with Gasteiger partial charge < -0.3 is 10.3 Å². The fourth-order valence-corrected chi connectivity index (χ4v) is 10.7. The highest BCUT2D eigenvalue weighted by atomic mass is 79.9. The van der Waals surface area contributed by atoms with E-state index in [0.717, 1.165) is 31.9 Å². The quantitative estimate of drug-likeness (QED) is 0.421. The number of benzene rings is 2. The number of carbonyl (C=O) groups excluding carboxylic acids is 3. The number of imide groups is 1. The zero-order valence-corrected chi connectivity index (χ0v) is 23.6. The first kappa shape index (κ1) is 24.4. The van der Waals surface area contributed by atoms with Crippen molar-refractivity contribution >= 4 is 62.4 Å². The molecule has 2 N–H and O–H groups in total. The van der Waals surface area contributed by atoms with Gasteiger partial charge in [0.1, 0.15) is 6.54 Å². The van der Waals surface area contributed by atoms with E-state index in [2.05, 4.69) is 38.4 Å². The maximum absolute atomic E-state index is 13.7. The van der Waals surface area contributed by atoms with Crippen LogP contribution in [-0.4, -0.2) is 39.4 Å². The third-order valence-corrected chi connectivity index (χ3v) is 11.8. The van der Waals surface area contributed by atoms with Crippen molar-refractivity contribution in [3.8, 4) is 0 Å². The Morgan fingerprint density at radius 3 is 2.61 bits per heavy atom. The molecule has 6 unspecified atom stereocenters. The second kappa shape index (κ2) is 8.93. The molecule has 3 fully saturated rings. The van der Waals surface area contributed by atoms with E-state index in [0.29, 0.717) is 5.69 Å². The highest BCUT2D eigenvalue weighted by molar-refractivity contribution is 9.10. The van der Waals surface area contributed by atoms with Crippen LogP contribution in [0.5, 0.6) is 0 Å². The Balaban J connectivity index is 1.20. The van der Waals surface area contributed by atoms with Gasteiger partial charge in [-0.15, -0.1) is 11.8 Å². The minimum atomic E-state index is -0.410. The number of thiazole rings is 1. The fourth-order valence-electron chi connectivity index (χ4n) is 7.35. The molecule has 2 aliphatic heterocycles. The largest absolute Gasteiger partial charge is 0.324 e. The van der Waals surface area contributed by atoms with Crippen molar-refractivity contribution in [1.29, 1.82) is 0 Å². The van der Waals surface area contributed by atoms with Gasteiger partial charge in [-0.1, -0.05) is 57.6 Å². The molecule has 7 atom stereocenters. The number of fused-ring (bicyclic) bond motifs is 9. The number of rotatable bonds is 4. The molecule has 7 rings (SSSR count). The van der Waals surface area contributed by atoms with Crippen molar-refractivity contribution < 1.29 is 14.4 Å². The maximum Gasteiger partial charge on any atom is 0.305 e. The van der Waals surface area contributed by atoms with E-state index in [1.54, 1.807) is 11.8 Å². The molecular weight excluding hydrogens is 586 g/mol. The van der Waals surface area contributed by atoms with Crippen LogP contribution in [0.15, 0.2) is 62.8 Å². The first-order chi connectivity index (χ1) is 18.3. The van der Waals surface area contributed by atoms with Gasteiger partial charge in [-0.2, -0.15) is 0 Å². The third-order valence-electron chi connectivity index (χ3n) is 8.74. The lowest BCUT2D eigenvalue weighted by atomic mass is 9.68. The summed E-state index contributed by atoms with van der Waals surface area (Å²) < 4.78 is 0.966. The fraction of sp³-hybridized carbons (Fsp3) is 0.357. The van der Waals surface area contributed by atoms with Gasteiger partial charge in [-0.25, -0.2) is 0 Å². The zero-order valence-electron chi connectivity index (χ0n) is 20.3. The van der Waals surface area contributed by atoms with Gasteiger partial charge in [0.05, 0.1) is 16.9 Å². The number of para-hydroxylation sites is 1. The molecule has 4 aliphatic rings. The number of H-pyrrole nitrogens is 1. The van der Waals surface area contributed by atoms with Crippen LogP contribution >= 0.6 is 39.0 Å². The van der Waals surface area contributed by atoms with Crippen molar-refractivity contribution in [2.24, 2.45) is 29.6 Å². The van der Waals surface area contributed by atoms with Crippen molar-refractivity contribution in [3.63, 3.8) is 0 Å². The van der Waals surface area contributed by atoms with Crippen LogP contribution in [0.25, 0.3) is 0 Å². The van der Waals surface area contributed by atoms with Crippen molar-refractivity contribution in [1.82, 2.24) is 9.88 Å². The SMILES string of the molecule is Cc1ccccc1NC(=O)CN1C(=O)C2C3CC(C2C1=O)C1C3Sc2[nH]c(=O)sc2[C@@H]1c1cccc(Br)c1. The van der Waals surface area contributed by atoms with E-state index < -0.39 is 11.8 Å². The van der Waals surface area contributed by atoms with E-state index in [1.807, 2.05) is 43.3 Å². The second-order valence-corrected chi connectivity index (χ2v) is 13.8. The normalized spacial score (nSPS) is 30.8. The number of aryl methyl sites for hydroxylation is 1. The summed E-state index contributed by atoms with van der Waals surface area (Å²) in [5.74, 6) is -1.45. The van der Waals surface area contributed by atoms with Crippen molar-refractivity contribution in [2.45, 2.75) is 29.5 Å². The van der Waals surface area contributed by atoms with Crippen molar-refractivity contribution in [3.05, 3.63) is 78.7 Å². The summed E-state index contributed by atoms with van der Waals surface area (Å²) in [4.78, 5) is 57.8. The number of carbonyl (C=O) groups is 3. The van der Waals surface area contributed by atoms with E-state index in [4.69, 9.17) is 0 Å². The van der Waals surface area contributed by atoms with E-state index in [1.165, 1.54) is 16.2 Å². The maximum atomic E-state index is 13.7. The molecule has 1 aromatic heterocycles. The Bertz CT molecular complexity index is 1570. The average molecular weight is 611 g/mol. The molecule has 194 valence electrons. The molecule has 3 heterocycles. The summed E-state index contributed by atoms with van der Waals surface area (Å²) in [5, 5.41) is 3.87. The summed E-state index contributed by atoms with van der Waals surface area (Å²) >= 11 is 6.51. The number of likely N-dealkylation sites (tertiary alicyclic amines) is 1. The van der Waals surface area contributed by atoms with Crippen LogP contribution in [0.1, 0.15) is 28.3 Å². The lowest BCUT2D eigenvalue weighted by molar-refractivity contribution is -0.143. The van der Waals surface area contributed by atoms with Crippen LogP contribution in [0.3, 0.4) is 0 Å². The number of halogens is 1. The van der Waals surface area contributed by atoms with E-state index >= 15 is 0 Å². The number of hydrogen-bond acceptors (Lipinski definition) is 6. The smallest absolute Gasteiger partial charge is 0.305 e. The van der Waals surface area contributed by atoms with Gasteiger partial charge in [0.2, 0.25) is 17.7 Å². The van der Waals surface area contributed by atoms with Crippen LogP contribution in [0.2, 0.25) is 0 Å². The molecule has 2 aromatic carbocycles. The standard InChI is InChI=1S/C28H24BrN3O4S2/c1-12-5-2-3-8-17(12)30-18(33)11-32-26(34)21-15-10-16(22(21)27(32)35)23-20(15)19(13-6-4-7-14(29)9-13)24-25(37-23)31-28(36)38-24/h2-9,15-16,19-23H,10-11H2,1H3,(H,30,33)(H,31,36)/t15?,16?,19-,20?,21?,22?,23?/m1/s1. The molecular formula is C28H24BrN3O4S2. The Kier molecular flexibility index (Phi) is 5.72. The molecule has 2 bridgehead atoms. The van der Waals surface area contributed by atoms with E-state index in [9.17, 15) is 19.2 Å². The average Bonchev–Trinajstić information content (AvgIpc) is 3.61. The van der Waals surface area contributed by atoms with Gasteiger partial charge >= 0.3 is 4.87 Å².